The molecule has 1 atom stereocenters. The fourth-order valence-electron chi connectivity index (χ4n) is 2.51. The SMILES string of the molecule is CCNc1ncnc(N2CCCC2C(=O)NC)c1OC. The van der Waals surface area contributed by atoms with Crippen LogP contribution in [0.25, 0.3) is 0 Å². The third-order valence-corrected chi connectivity index (χ3v) is 3.41. The van der Waals surface area contributed by atoms with Crippen LogP contribution in [0, 0.1) is 0 Å². The third kappa shape index (κ3) is 2.61. The average molecular weight is 279 g/mol. The summed E-state index contributed by atoms with van der Waals surface area (Å²) in [5.41, 5.74) is 0. The number of aromatic nitrogens is 2. The molecule has 0 bridgehead atoms. The molecular weight excluding hydrogens is 258 g/mol. The highest BCUT2D eigenvalue weighted by atomic mass is 16.5. The van der Waals surface area contributed by atoms with E-state index in [1.165, 1.54) is 6.33 Å². The minimum atomic E-state index is -0.196. The van der Waals surface area contributed by atoms with Gasteiger partial charge in [0.2, 0.25) is 11.7 Å². The Kier molecular flexibility index (Phi) is 4.60. The number of nitrogens with zero attached hydrogens (tertiary/aromatic N) is 3. The van der Waals surface area contributed by atoms with Gasteiger partial charge in [-0.2, -0.15) is 0 Å². The second-order valence-corrected chi connectivity index (χ2v) is 4.58. The summed E-state index contributed by atoms with van der Waals surface area (Å²) in [5, 5.41) is 5.85. The molecule has 1 aromatic heterocycles. The van der Waals surface area contributed by atoms with E-state index in [0.717, 1.165) is 25.9 Å². The van der Waals surface area contributed by atoms with Crippen molar-refractivity contribution in [1.29, 1.82) is 0 Å². The van der Waals surface area contributed by atoms with Crippen LogP contribution in [0.15, 0.2) is 6.33 Å². The Morgan fingerprint density at radius 3 is 3.00 bits per heavy atom. The predicted molar refractivity (Wildman–Crippen MR) is 77.2 cm³/mol. The molecule has 2 heterocycles. The summed E-state index contributed by atoms with van der Waals surface area (Å²) in [7, 11) is 3.24. The zero-order chi connectivity index (χ0) is 14.5. The molecule has 0 radical (unpaired) electrons. The van der Waals surface area contributed by atoms with Gasteiger partial charge in [0.1, 0.15) is 12.4 Å². The number of methoxy groups -OCH3 is 1. The molecule has 1 aliphatic rings. The van der Waals surface area contributed by atoms with Gasteiger partial charge in [-0.05, 0) is 19.8 Å². The largest absolute Gasteiger partial charge is 0.490 e. The van der Waals surface area contributed by atoms with Gasteiger partial charge < -0.3 is 20.3 Å². The van der Waals surface area contributed by atoms with Crippen LogP contribution in [0.2, 0.25) is 0 Å². The molecule has 1 amide bonds. The van der Waals surface area contributed by atoms with Gasteiger partial charge in [0, 0.05) is 20.1 Å². The van der Waals surface area contributed by atoms with Crippen LogP contribution in [-0.4, -0.2) is 49.2 Å². The molecule has 1 saturated heterocycles. The first-order valence-corrected chi connectivity index (χ1v) is 6.84. The molecule has 110 valence electrons. The van der Waals surface area contributed by atoms with Crippen LogP contribution in [0.1, 0.15) is 19.8 Å². The summed E-state index contributed by atoms with van der Waals surface area (Å²) >= 11 is 0. The van der Waals surface area contributed by atoms with E-state index in [-0.39, 0.29) is 11.9 Å². The fourth-order valence-corrected chi connectivity index (χ4v) is 2.51. The van der Waals surface area contributed by atoms with E-state index in [9.17, 15) is 4.79 Å². The van der Waals surface area contributed by atoms with Crippen molar-refractivity contribution in [2.75, 3.05) is 37.5 Å². The van der Waals surface area contributed by atoms with Crippen LogP contribution < -0.4 is 20.3 Å². The van der Waals surface area contributed by atoms with E-state index >= 15 is 0 Å². The number of nitrogens with one attached hydrogen (secondary N) is 2. The third-order valence-electron chi connectivity index (χ3n) is 3.41. The lowest BCUT2D eigenvalue weighted by molar-refractivity contribution is -0.121. The van der Waals surface area contributed by atoms with Crippen LogP contribution in [0.5, 0.6) is 5.75 Å². The van der Waals surface area contributed by atoms with Crippen molar-refractivity contribution in [3.8, 4) is 5.75 Å². The zero-order valence-electron chi connectivity index (χ0n) is 12.1. The first kappa shape index (κ1) is 14.4. The number of carbonyl (C=O) groups is 1. The van der Waals surface area contributed by atoms with Crippen LogP contribution in [0.3, 0.4) is 0 Å². The maximum absolute atomic E-state index is 12.0. The topological polar surface area (TPSA) is 79.4 Å². The highest BCUT2D eigenvalue weighted by molar-refractivity contribution is 5.86. The molecule has 0 aliphatic carbocycles. The summed E-state index contributed by atoms with van der Waals surface area (Å²) in [6, 6.07) is -0.196. The lowest BCUT2D eigenvalue weighted by atomic mass is 10.2. The zero-order valence-corrected chi connectivity index (χ0v) is 12.1. The summed E-state index contributed by atoms with van der Waals surface area (Å²) < 4.78 is 5.44. The molecular formula is C13H21N5O2. The second-order valence-electron chi connectivity index (χ2n) is 4.58. The van der Waals surface area contributed by atoms with Crippen LogP contribution in [-0.2, 0) is 4.79 Å². The molecule has 1 aromatic rings. The Bertz CT molecular complexity index is 480. The Morgan fingerprint density at radius 2 is 2.35 bits per heavy atom. The fraction of sp³-hybridized carbons (Fsp3) is 0.615. The van der Waals surface area contributed by atoms with Gasteiger partial charge in [0.15, 0.2) is 11.6 Å². The van der Waals surface area contributed by atoms with Gasteiger partial charge in [-0.3, -0.25) is 4.79 Å². The average Bonchev–Trinajstić information content (AvgIpc) is 2.95. The molecule has 1 aliphatic heterocycles. The maximum atomic E-state index is 12.0. The number of anilines is 2. The van der Waals surface area contributed by atoms with Crippen molar-refractivity contribution in [2.45, 2.75) is 25.8 Å². The Labute approximate surface area is 118 Å². The number of likely N-dealkylation sites (N-methyl/N-ethyl adjacent to an activating group) is 1. The summed E-state index contributed by atoms with van der Waals surface area (Å²) in [4.78, 5) is 22.4. The quantitative estimate of drug-likeness (QED) is 0.823. The number of ether oxygens (including phenoxy) is 1. The van der Waals surface area contributed by atoms with Crippen LogP contribution in [0.4, 0.5) is 11.6 Å². The minimum Gasteiger partial charge on any atom is -0.490 e. The van der Waals surface area contributed by atoms with Gasteiger partial charge in [0.05, 0.1) is 7.11 Å². The second kappa shape index (κ2) is 6.40. The van der Waals surface area contributed by atoms with E-state index in [4.69, 9.17) is 4.74 Å². The van der Waals surface area contributed by atoms with E-state index in [0.29, 0.717) is 17.4 Å². The normalized spacial score (nSPS) is 17.9. The number of amides is 1. The lowest BCUT2D eigenvalue weighted by Crippen LogP contribution is -2.42. The predicted octanol–water partition coefficient (Wildman–Crippen LogP) is 0.632. The summed E-state index contributed by atoms with van der Waals surface area (Å²) in [6.07, 6.45) is 3.28. The molecule has 1 unspecified atom stereocenters. The van der Waals surface area contributed by atoms with E-state index < -0.39 is 0 Å². The van der Waals surface area contributed by atoms with Gasteiger partial charge in [0.25, 0.3) is 0 Å². The van der Waals surface area contributed by atoms with Crippen molar-refractivity contribution in [3.05, 3.63) is 6.33 Å². The monoisotopic (exact) mass is 279 g/mol. The van der Waals surface area contributed by atoms with Crippen molar-refractivity contribution in [3.63, 3.8) is 0 Å². The standard InChI is InChI=1S/C13H21N5O2/c1-4-15-11-10(20-3)12(17-8-16-11)18-7-5-6-9(18)13(19)14-2/h8-9H,4-7H2,1-3H3,(H,14,19)(H,15,16,17). The van der Waals surface area contributed by atoms with E-state index in [1.54, 1.807) is 14.2 Å². The van der Waals surface area contributed by atoms with Gasteiger partial charge in [-0.25, -0.2) is 9.97 Å². The van der Waals surface area contributed by atoms with Gasteiger partial charge in [-0.15, -0.1) is 0 Å². The van der Waals surface area contributed by atoms with Crippen molar-refractivity contribution in [1.82, 2.24) is 15.3 Å². The Morgan fingerprint density at radius 1 is 1.55 bits per heavy atom. The van der Waals surface area contributed by atoms with Gasteiger partial charge >= 0.3 is 0 Å². The molecule has 0 saturated carbocycles. The first-order chi connectivity index (χ1) is 9.72. The van der Waals surface area contributed by atoms with E-state index in [1.807, 2.05) is 11.8 Å². The Hall–Kier alpha value is -2.05. The molecule has 2 rings (SSSR count). The van der Waals surface area contributed by atoms with Crippen LogP contribution >= 0.6 is 0 Å². The molecule has 7 heteroatoms. The molecule has 7 nitrogen and oxygen atoms in total. The van der Waals surface area contributed by atoms with Gasteiger partial charge in [-0.1, -0.05) is 0 Å². The smallest absolute Gasteiger partial charge is 0.242 e. The lowest BCUT2D eigenvalue weighted by Gasteiger charge is -2.26. The molecule has 0 aromatic carbocycles. The minimum absolute atomic E-state index is 0.00756. The van der Waals surface area contributed by atoms with Crippen molar-refractivity contribution >= 4 is 17.5 Å². The molecule has 1 fully saturated rings. The molecule has 2 N–H and O–H groups in total. The maximum Gasteiger partial charge on any atom is 0.242 e. The first-order valence-electron chi connectivity index (χ1n) is 6.84. The highest BCUT2D eigenvalue weighted by Crippen LogP contribution is 2.35. The summed E-state index contributed by atoms with van der Waals surface area (Å²) in [5.74, 6) is 1.92. The number of rotatable bonds is 5. The van der Waals surface area contributed by atoms with E-state index in [2.05, 4.69) is 20.6 Å². The molecule has 20 heavy (non-hydrogen) atoms. The summed E-state index contributed by atoms with van der Waals surface area (Å²) in [6.45, 7) is 3.52. The molecule has 0 spiro atoms. The number of carbonyl (C=O) groups excluding carboxylic acids is 1. The Balaban J connectivity index is 2.36. The van der Waals surface area contributed by atoms with Crippen molar-refractivity contribution in [2.24, 2.45) is 0 Å². The highest BCUT2D eigenvalue weighted by Gasteiger charge is 2.33. The number of hydrogen-bond donors (Lipinski definition) is 2. The van der Waals surface area contributed by atoms with Crippen molar-refractivity contribution < 1.29 is 9.53 Å². The number of hydrogen-bond acceptors (Lipinski definition) is 6.